The summed E-state index contributed by atoms with van der Waals surface area (Å²) in [5.41, 5.74) is -0.203. The molecule has 3 heterocycles. The van der Waals surface area contributed by atoms with E-state index in [0.29, 0.717) is 29.9 Å². The zero-order valence-electron chi connectivity index (χ0n) is 15.6. The van der Waals surface area contributed by atoms with Crippen LogP contribution in [0.1, 0.15) is 48.3 Å². The number of piperidine rings is 1. The van der Waals surface area contributed by atoms with Gasteiger partial charge in [-0.2, -0.15) is 13.2 Å². The summed E-state index contributed by atoms with van der Waals surface area (Å²) in [5.74, 6) is 0. The molecule has 4 rings (SSSR count). The molecule has 2 aromatic heterocycles. The molecule has 0 radical (unpaired) electrons. The Morgan fingerprint density at radius 1 is 1.28 bits per heavy atom. The minimum Gasteiger partial charge on any atom is -0.451 e. The molecule has 7 nitrogen and oxygen atoms in total. The number of aromatic nitrogens is 4. The summed E-state index contributed by atoms with van der Waals surface area (Å²) in [6.07, 6.45) is 0.853. The Kier molecular flexibility index (Phi) is 4.91. The van der Waals surface area contributed by atoms with Crippen molar-refractivity contribution in [1.82, 2.24) is 25.3 Å². The van der Waals surface area contributed by atoms with Crippen LogP contribution in [-0.4, -0.2) is 31.1 Å². The molecule has 0 aliphatic carbocycles. The molecular formula is C19H20F3N5O2. The van der Waals surface area contributed by atoms with Gasteiger partial charge in [-0.1, -0.05) is 17.3 Å². The molecule has 154 valence electrons. The molecular weight excluding hydrogens is 387 g/mol. The highest BCUT2D eigenvalue weighted by Gasteiger charge is 2.41. The lowest BCUT2D eigenvalue weighted by Crippen LogP contribution is -2.47. The van der Waals surface area contributed by atoms with Gasteiger partial charge in [0.25, 0.3) is 0 Å². The van der Waals surface area contributed by atoms with E-state index >= 15 is 0 Å². The summed E-state index contributed by atoms with van der Waals surface area (Å²) < 4.78 is 45.1. The molecule has 29 heavy (non-hydrogen) atoms. The third kappa shape index (κ3) is 4.18. The quantitative estimate of drug-likeness (QED) is 0.691. The van der Waals surface area contributed by atoms with Gasteiger partial charge in [0, 0.05) is 12.5 Å². The normalized spacial score (nSPS) is 25.3. The third-order valence-corrected chi connectivity index (χ3v) is 5.14. The molecule has 1 saturated heterocycles. The average molecular weight is 407 g/mol. The Morgan fingerprint density at radius 3 is 2.69 bits per heavy atom. The van der Waals surface area contributed by atoms with Crippen LogP contribution in [-0.2, 0) is 18.3 Å². The van der Waals surface area contributed by atoms with Gasteiger partial charge >= 0.3 is 6.18 Å². The van der Waals surface area contributed by atoms with E-state index < -0.39 is 17.3 Å². The number of rotatable bonds is 4. The number of hydrogen-bond donors (Lipinski definition) is 2. The van der Waals surface area contributed by atoms with Gasteiger partial charge in [0.2, 0.25) is 0 Å². The van der Waals surface area contributed by atoms with Crippen molar-refractivity contribution in [2.75, 3.05) is 0 Å². The van der Waals surface area contributed by atoms with Crippen LogP contribution in [0.3, 0.4) is 0 Å². The van der Waals surface area contributed by atoms with E-state index in [9.17, 15) is 18.3 Å². The second-order valence-corrected chi connectivity index (χ2v) is 7.46. The molecule has 0 spiro atoms. The molecule has 0 amide bonds. The van der Waals surface area contributed by atoms with Gasteiger partial charge in [-0.3, -0.25) is 0 Å². The van der Waals surface area contributed by atoms with Crippen molar-refractivity contribution in [3.8, 4) is 0 Å². The van der Waals surface area contributed by atoms with E-state index in [1.54, 1.807) is 10.9 Å². The van der Waals surface area contributed by atoms with Crippen molar-refractivity contribution in [2.24, 2.45) is 0 Å². The Morgan fingerprint density at radius 2 is 2.03 bits per heavy atom. The number of nitrogens with one attached hydrogen (secondary N) is 1. The van der Waals surface area contributed by atoms with E-state index in [1.165, 1.54) is 24.8 Å². The van der Waals surface area contributed by atoms with Crippen LogP contribution >= 0.6 is 0 Å². The van der Waals surface area contributed by atoms with E-state index in [4.69, 9.17) is 4.42 Å². The largest absolute Gasteiger partial charge is 0.451 e. The van der Waals surface area contributed by atoms with Crippen molar-refractivity contribution in [3.63, 3.8) is 0 Å². The predicted octanol–water partition coefficient (Wildman–Crippen LogP) is 3.03. The highest BCUT2D eigenvalue weighted by Crippen LogP contribution is 2.40. The van der Waals surface area contributed by atoms with Crippen LogP contribution in [0, 0.1) is 0 Å². The first-order chi connectivity index (χ1) is 13.7. The Hall–Kier alpha value is -2.72. The molecule has 1 unspecified atom stereocenters. The van der Waals surface area contributed by atoms with Crippen molar-refractivity contribution in [3.05, 3.63) is 65.6 Å². The topological polar surface area (TPSA) is 89.0 Å². The Bertz CT molecular complexity index is 955. The smallest absolute Gasteiger partial charge is 0.416 e. The fraction of sp³-hybridized carbons (Fsp3) is 0.421. The molecule has 1 aromatic carbocycles. The summed E-state index contributed by atoms with van der Waals surface area (Å²) in [4.78, 5) is 4.04. The van der Waals surface area contributed by atoms with E-state index in [1.807, 2.05) is 6.92 Å². The Labute approximate surface area is 164 Å². The van der Waals surface area contributed by atoms with Crippen LogP contribution in [0.5, 0.6) is 0 Å². The minimum absolute atomic E-state index is 0.0678. The number of halogens is 3. The van der Waals surface area contributed by atoms with Crippen LogP contribution in [0.25, 0.3) is 0 Å². The van der Waals surface area contributed by atoms with Gasteiger partial charge in [0.15, 0.2) is 6.39 Å². The molecule has 3 aromatic rings. The first kappa shape index (κ1) is 19.6. The highest BCUT2D eigenvalue weighted by molar-refractivity contribution is 5.30. The fourth-order valence-electron chi connectivity index (χ4n) is 3.82. The molecule has 1 fully saturated rings. The zero-order valence-corrected chi connectivity index (χ0v) is 15.6. The van der Waals surface area contributed by atoms with Gasteiger partial charge in [-0.15, -0.1) is 5.10 Å². The standard InChI is InChI=1S/C19H20F3N5O2/c1-12-6-18(28,13-2-4-14(5-3-13)19(20,21)22)7-16(24-12)17-9-27(26-25-17)8-15-10-29-11-23-15/h2-5,9-12,16,24,28H,6-8H2,1H3/t12-,16-,18?/m0/s1. The third-order valence-electron chi connectivity index (χ3n) is 5.14. The van der Waals surface area contributed by atoms with Crippen molar-refractivity contribution < 1.29 is 22.7 Å². The van der Waals surface area contributed by atoms with Crippen molar-refractivity contribution in [2.45, 2.75) is 50.2 Å². The summed E-state index contributed by atoms with van der Waals surface area (Å²) >= 11 is 0. The molecule has 0 bridgehead atoms. The van der Waals surface area contributed by atoms with E-state index in [0.717, 1.165) is 12.1 Å². The second-order valence-electron chi connectivity index (χ2n) is 7.46. The first-order valence-electron chi connectivity index (χ1n) is 9.16. The van der Waals surface area contributed by atoms with Gasteiger partial charge in [0.05, 0.1) is 35.6 Å². The van der Waals surface area contributed by atoms with Gasteiger partial charge in [0.1, 0.15) is 12.0 Å². The maximum absolute atomic E-state index is 12.8. The lowest BCUT2D eigenvalue weighted by atomic mass is 9.78. The number of hydrogen-bond acceptors (Lipinski definition) is 6. The highest BCUT2D eigenvalue weighted by atomic mass is 19.4. The van der Waals surface area contributed by atoms with Crippen LogP contribution in [0.2, 0.25) is 0 Å². The van der Waals surface area contributed by atoms with Gasteiger partial charge < -0.3 is 14.8 Å². The SMILES string of the molecule is C[C@H]1CC(O)(c2ccc(C(F)(F)F)cc2)C[C@@H](c2cn(Cc3cocn3)nn2)N1. The number of oxazole rings is 1. The molecule has 1 aliphatic heterocycles. The molecule has 3 atom stereocenters. The van der Waals surface area contributed by atoms with Gasteiger partial charge in [-0.25, -0.2) is 9.67 Å². The van der Waals surface area contributed by atoms with Crippen LogP contribution in [0.4, 0.5) is 13.2 Å². The summed E-state index contributed by atoms with van der Waals surface area (Å²) in [5, 5.41) is 22.9. The predicted molar refractivity (Wildman–Crippen MR) is 95.5 cm³/mol. The van der Waals surface area contributed by atoms with E-state index in [2.05, 4.69) is 20.6 Å². The van der Waals surface area contributed by atoms with Gasteiger partial charge in [-0.05, 0) is 31.0 Å². The monoisotopic (exact) mass is 407 g/mol. The minimum atomic E-state index is -4.41. The number of nitrogens with zero attached hydrogens (tertiary/aromatic N) is 4. The summed E-state index contributed by atoms with van der Waals surface area (Å²) in [7, 11) is 0. The summed E-state index contributed by atoms with van der Waals surface area (Å²) in [6.45, 7) is 2.32. The lowest BCUT2D eigenvalue weighted by Gasteiger charge is -2.40. The summed E-state index contributed by atoms with van der Waals surface area (Å²) in [6, 6.07) is 4.34. The number of alkyl halides is 3. The van der Waals surface area contributed by atoms with Crippen LogP contribution in [0.15, 0.2) is 47.5 Å². The number of benzene rings is 1. The molecule has 2 N–H and O–H groups in total. The average Bonchev–Trinajstić information content (AvgIpc) is 3.33. The van der Waals surface area contributed by atoms with Crippen molar-refractivity contribution >= 4 is 0 Å². The second kappa shape index (κ2) is 7.27. The fourth-order valence-corrected chi connectivity index (χ4v) is 3.82. The maximum atomic E-state index is 12.8. The maximum Gasteiger partial charge on any atom is 0.416 e. The van der Waals surface area contributed by atoms with E-state index in [-0.39, 0.29) is 18.5 Å². The van der Waals surface area contributed by atoms with Crippen LogP contribution < -0.4 is 5.32 Å². The zero-order chi connectivity index (χ0) is 20.6. The Balaban J connectivity index is 1.54. The number of aliphatic hydroxyl groups is 1. The molecule has 10 heteroatoms. The molecule has 0 saturated carbocycles. The molecule has 1 aliphatic rings. The lowest BCUT2D eigenvalue weighted by molar-refractivity contribution is -0.137. The van der Waals surface area contributed by atoms with Crippen molar-refractivity contribution in [1.29, 1.82) is 0 Å². The first-order valence-corrected chi connectivity index (χ1v) is 9.16.